The van der Waals surface area contributed by atoms with E-state index in [0.29, 0.717) is 29.5 Å². The summed E-state index contributed by atoms with van der Waals surface area (Å²) in [6, 6.07) is 8.10. The molecule has 0 radical (unpaired) electrons. The molecule has 1 N–H and O–H groups in total. The molecule has 0 amide bonds. The van der Waals surface area contributed by atoms with E-state index in [4.69, 9.17) is 4.42 Å². The Labute approximate surface area is 120 Å². The summed E-state index contributed by atoms with van der Waals surface area (Å²) in [6.45, 7) is 1.97. The molecule has 2 aromatic heterocycles. The second kappa shape index (κ2) is 5.49. The number of aliphatic hydroxyl groups is 1. The Bertz CT molecular complexity index is 749. The molecule has 21 heavy (non-hydrogen) atoms. The molecule has 1 unspecified atom stereocenters. The van der Waals surface area contributed by atoms with Gasteiger partial charge in [0.1, 0.15) is 12.4 Å². The maximum Gasteiger partial charge on any atom is 0.216 e. The number of oxazole rings is 1. The maximum atomic E-state index is 13.7. The number of aliphatic hydroxyl groups excluding tert-OH is 1. The second-order valence-electron chi connectivity index (χ2n) is 4.71. The average Bonchev–Trinajstić information content (AvgIpc) is 3.09. The first-order valence-electron chi connectivity index (χ1n) is 6.54. The molecule has 5 nitrogen and oxygen atoms in total. The number of hydrogen-bond acceptors (Lipinski definition) is 4. The van der Waals surface area contributed by atoms with Gasteiger partial charge in [0.2, 0.25) is 5.89 Å². The molecule has 108 valence electrons. The van der Waals surface area contributed by atoms with Crippen LogP contribution in [0.1, 0.15) is 24.6 Å². The number of hydrogen-bond donors (Lipinski definition) is 1. The number of benzene rings is 1. The van der Waals surface area contributed by atoms with Crippen LogP contribution in [0.25, 0.3) is 11.3 Å². The normalized spacial score (nSPS) is 12.5. The van der Waals surface area contributed by atoms with Crippen LogP contribution in [0.3, 0.4) is 0 Å². The Hall–Kier alpha value is -2.47. The minimum absolute atomic E-state index is 0.321. The Morgan fingerprint density at radius 3 is 2.86 bits per heavy atom. The van der Waals surface area contributed by atoms with Crippen LogP contribution < -0.4 is 0 Å². The van der Waals surface area contributed by atoms with E-state index in [-0.39, 0.29) is 5.82 Å². The second-order valence-corrected chi connectivity index (χ2v) is 4.71. The van der Waals surface area contributed by atoms with Crippen LogP contribution in [0.2, 0.25) is 0 Å². The maximum absolute atomic E-state index is 13.7. The highest BCUT2D eigenvalue weighted by molar-refractivity contribution is 5.56. The van der Waals surface area contributed by atoms with Gasteiger partial charge in [0.15, 0.2) is 5.76 Å². The van der Waals surface area contributed by atoms with Crippen molar-refractivity contribution in [1.29, 1.82) is 0 Å². The van der Waals surface area contributed by atoms with E-state index >= 15 is 0 Å². The summed E-state index contributed by atoms with van der Waals surface area (Å²) in [5.41, 5.74) is 0.956. The van der Waals surface area contributed by atoms with E-state index in [9.17, 15) is 9.50 Å². The van der Waals surface area contributed by atoms with Gasteiger partial charge in [0.05, 0.1) is 23.6 Å². The lowest BCUT2D eigenvalue weighted by Gasteiger charge is -2.00. The van der Waals surface area contributed by atoms with Crippen LogP contribution in [0.5, 0.6) is 0 Å². The topological polar surface area (TPSA) is 64.1 Å². The first-order chi connectivity index (χ1) is 10.1. The number of halogens is 1. The third-order valence-electron chi connectivity index (χ3n) is 3.08. The summed E-state index contributed by atoms with van der Waals surface area (Å²) in [7, 11) is 0. The summed E-state index contributed by atoms with van der Waals surface area (Å²) in [6.07, 6.45) is 2.60. The first kappa shape index (κ1) is 13.5. The van der Waals surface area contributed by atoms with Gasteiger partial charge in [-0.25, -0.2) is 9.37 Å². The predicted octanol–water partition coefficient (Wildman–Crippen LogP) is 2.78. The third-order valence-corrected chi connectivity index (χ3v) is 3.08. The number of rotatable bonds is 4. The van der Waals surface area contributed by atoms with E-state index in [2.05, 4.69) is 10.1 Å². The molecule has 0 aliphatic rings. The summed E-state index contributed by atoms with van der Waals surface area (Å²) < 4.78 is 20.8. The zero-order valence-electron chi connectivity index (χ0n) is 11.4. The Kier molecular flexibility index (Phi) is 3.53. The van der Waals surface area contributed by atoms with E-state index < -0.39 is 6.10 Å². The van der Waals surface area contributed by atoms with Crippen molar-refractivity contribution in [3.05, 3.63) is 60.1 Å². The minimum atomic E-state index is -0.621. The van der Waals surface area contributed by atoms with Gasteiger partial charge in [-0.1, -0.05) is 12.1 Å². The van der Waals surface area contributed by atoms with Crippen LogP contribution in [0, 0.1) is 5.82 Å². The zero-order chi connectivity index (χ0) is 14.8. The average molecular weight is 287 g/mol. The molecule has 3 aromatic rings. The molecule has 0 bridgehead atoms. The van der Waals surface area contributed by atoms with Crippen molar-refractivity contribution in [1.82, 2.24) is 14.8 Å². The van der Waals surface area contributed by atoms with Crippen molar-refractivity contribution < 1.29 is 13.9 Å². The fourth-order valence-electron chi connectivity index (χ4n) is 2.00. The molecule has 0 saturated carbocycles. The molecule has 1 aromatic carbocycles. The van der Waals surface area contributed by atoms with Crippen LogP contribution >= 0.6 is 0 Å². The molecular formula is C15H14FN3O2. The van der Waals surface area contributed by atoms with Gasteiger partial charge in [0.25, 0.3) is 0 Å². The summed E-state index contributed by atoms with van der Waals surface area (Å²) in [5, 5.41) is 13.6. The van der Waals surface area contributed by atoms with Crippen molar-refractivity contribution in [3.63, 3.8) is 0 Å². The van der Waals surface area contributed by atoms with Crippen molar-refractivity contribution in [2.75, 3.05) is 0 Å². The molecule has 0 aliphatic heterocycles. The molecule has 3 rings (SSSR count). The van der Waals surface area contributed by atoms with E-state index in [1.54, 1.807) is 42.1 Å². The van der Waals surface area contributed by atoms with Crippen LogP contribution in [-0.4, -0.2) is 19.9 Å². The molecule has 0 spiro atoms. The smallest absolute Gasteiger partial charge is 0.216 e. The third kappa shape index (κ3) is 2.85. The minimum Gasteiger partial charge on any atom is -0.439 e. The molecular weight excluding hydrogens is 273 g/mol. The van der Waals surface area contributed by atoms with Crippen LogP contribution in [-0.2, 0) is 6.54 Å². The summed E-state index contributed by atoms with van der Waals surface area (Å²) in [4.78, 5) is 4.13. The molecule has 0 aliphatic carbocycles. The van der Waals surface area contributed by atoms with Gasteiger partial charge in [-0.15, -0.1) is 0 Å². The lowest BCUT2D eigenvalue weighted by atomic mass is 10.2. The summed E-state index contributed by atoms with van der Waals surface area (Å²) >= 11 is 0. The lowest BCUT2D eigenvalue weighted by molar-refractivity contribution is 0.193. The Balaban J connectivity index is 1.80. The fourth-order valence-corrected chi connectivity index (χ4v) is 2.00. The standard InChI is InChI=1S/C15H14FN3O2/c1-10(20)13-6-7-19(18-13)9-15-17-8-14(21-15)11-4-2-3-5-12(11)16/h2-8,10,20H,9H2,1H3. The molecule has 0 saturated heterocycles. The van der Waals surface area contributed by atoms with E-state index in [1.807, 2.05) is 0 Å². The Morgan fingerprint density at radius 2 is 2.14 bits per heavy atom. The van der Waals surface area contributed by atoms with E-state index in [0.717, 1.165) is 0 Å². The van der Waals surface area contributed by atoms with Gasteiger partial charge < -0.3 is 9.52 Å². The lowest BCUT2D eigenvalue weighted by Crippen LogP contribution is -2.02. The van der Waals surface area contributed by atoms with Gasteiger partial charge >= 0.3 is 0 Å². The van der Waals surface area contributed by atoms with Crippen molar-refractivity contribution in [2.45, 2.75) is 19.6 Å². The first-order valence-corrected chi connectivity index (χ1v) is 6.54. The quantitative estimate of drug-likeness (QED) is 0.801. The number of aromatic nitrogens is 3. The highest BCUT2D eigenvalue weighted by Gasteiger charge is 2.11. The largest absolute Gasteiger partial charge is 0.439 e. The zero-order valence-corrected chi connectivity index (χ0v) is 11.4. The van der Waals surface area contributed by atoms with Crippen LogP contribution in [0.4, 0.5) is 4.39 Å². The Morgan fingerprint density at radius 1 is 1.33 bits per heavy atom. The van der Waals surface area contributed by atoms with Gasteiger partial charge in [-0.3, -0.25) is 4.68 Å². The van der Waals surface area contributed by atoms with Gasteiger partial charge in [-0.05, 0) is 25.1 Å². The fraction of sp³-hybridized carbons (Fsp3) is 0.200. The van der Waals surface area contributed by atoms with Gasteiger partial charge in [-0.2, -0.15) is 5.10 Å². The molecule has 1 atom stereocenters. The van der Waals surface area contributed by atoms with Crippen molar-refractivity contribution >= 4 is 0 Å². The molecule has 6 heteroatoms. The predicted molar refractivity (Wildman–Crippen MR) is 73.9 cm³/mol. The molecule has 0 fully saturated rings. The highest BCUT2D eigenvalue weighted by Crippen LogP contribution is 2.23. The summed E-state index contributed by atoms with van der Waals surface area (Å²) in [5.74, 6) is 0.454. The van der Waals surface area contributed by atoms with Crippen molar-refractivity contribution in [3.8, 4) is 11.3 Å². The van der Waals surface area contributed by atoms with Crippen molar-refractivity contribution in [2.24, 2.45) is 0 Å². The van der Waals surface area contributed by atoms with E-state index in [1.165, 1.54) is 12.3 Å². The SMILES string of the molecule is CC(O)c1ccn(Cc2ncc(-c3ccccc3F)o2)n1. The van der Waals surface area contributed by atoms with Gasteiger partial charge in [0, 0.05) is 6.20 Å². The highest BCUT2D eigenvalue weighted by atomic mass is 19.1. The molecule has 2 heterocycles. The monoisotopic (exact) mass is 287 g/mol. The number of nitrogens with zero attached hydrogens (tertiary/aromatic N) is 3. The van der Waals surface area contributed by atoms with Crippen LogP contribution in [0.15, 0.2) is 47.1 Å².